The monoisotopic (exact) mass is 379 g/mol. The molecule has 1 aromatic heterocycles. The van der Waals surface area contributed by atoms with Gasteiger partial charge in [0, 0.05) is 25.7 Å². The summed E-state index contributed by atoms with van der Waals surface area (Å²) < 4.78 is 26.7. The van der Waals surface area contributed by atoms with E-state index in [0.29, 0.717) is 30.6 Å². The number of amides is 1. The summed E-state index contributed by atoms with van der Waals surface area (Å²) in [6, 6.07) is 1.84. The molecule has 6 nitrogen and oxygen atoms in total. The average molecular weight is 380 g/mol. The third-order valence-electron chi connectivity index (χ3n) is 4.19. The zero-order valence-corrected chi connectivity index (χ0v) is 15.2. The van der Waals surface area contributed by atoms with Crippen molar-refractivity contribution in [3.05, 3.63) is 16.3 Å². The molecule has 2 aliphatic rings. The highest BCUT2D eigenvalue weighted by Crippen LogP contribution is 2.27. The van der Waals surface area contributed by atoms with Crippen LogP contribution in [0, 0.1) is 0 Å². The number of hydrogen-bond acceptors (Lipinski definition) is 5. The summed E-state index contributed by atoms with van der Waals surface area (Å²) in [6.45, 7) is 2.62. The molecular formula is C14H22ClN3O3S2. The van der Waals surface area contributed by atoms with E-state index in [-0.39, 0.29) is 23.2 Å². The molecule has 3 rings (SSSR count). The van der Waals surface area contributed by atoms with Gasteiger partial charge >= 0.3 is 0 Å². The highest BCUT2D eigenvalue weighted by atomic mass is 35.5. The van der Waals surface area contributed by atoms with E-state index >= 15 is 0 Å². The molecule has 3 heterocycles. The second kappa shape index (κ2) is 7.94. The molecule has 2 aliphatic heterocycles. The van der Waals surface area contributed by atoms with E-state index in [2.05, 4.69) is 10.6 Å². The first-order valence-corrected chi connectivity index (χ1v) is 10.0. The van der Waals surface area contributed by atoms with Crippen molar-refractivity contribution in [1.82, 2.24) is 14.9 Å². The number of rotatable bonds is 5. The fourth-order valence-electron chi connectivity index (χ4n) is 2.96. The number of hydrogen-bond donors (Lipinski definition) is 2. The van der Waals surface area contributed by atoms with E-state index in [4.69, 9.17) is 0 Å². The lowest BCUT2D eigenvalue weighted by molar-refractivity contribution is 0.0951. The van der Waals surface area contributed by atoms with Gasteiger partial charge in [0.25, 0.3) is 5.91 Å². The quantitative estimate of drug-likeness (QED) is 0.811. The predicted molar refractivity (Wildman–Crippen MR) is 92.9 cm³/mol. The molecule has 9 heteroatoms. The molecule has 23 heavy (non-hydrogen) atoms. The Balaban J connectivity index is 0.00000192. The Bertz CT molecular complexity index is 635. The predicted octanol–water partition coefficient (Wildman–Crippen LogP) is 1.44. The van der Waals surface area contributed by atoms with Crippen molar-refractivity contribution in [2.24, 2.45) is 0 Å². The minimum Gasteiger partial charge on any atom is -0.350 e. The second-order valence-electron chi connectivity index (χ2n) is 5.73. The SMILES string of the molecule is Cl.O=C(NCC1CCCN1)c1sccc1S(=O)(=O)N1CCCC1. The lowest BCUT2D eigenvalue weighted by atomic mass is 10.2. The Kier molecular flexibility index (Phi) is 6.44. The van der Waals surface area contributed by atoms with Crippen LogP contribution in [0.15, 0.2) is 16.3 Å². The molecule has 0 radical (unpaired) electrons. The molecule has 1 amide bonds. The fraction of sp³-hybridized carbons (Fsp3) is 0.643. The minimum atomic E-state index is -3.54. The van der Waals surface area contributed by atoms with Crippen molar-refractivity contribution in [1.29, 1.82) is 0 Å². The van der Waals surface area contributed by atoms with Gasteiger partial charge in [0.1, 0.15) is 9.77 Å². The zero-order chi connectivity index (χ0) is 15.6. The molecule has 1 aromatic rings. The van der Waals surface area contributed by atoms with Crippen molar-refractivity contribution >= 4 is 39.7 Å². The molecule has 130 valence electrons. The highest BCUT2D eigenvalue weighted by Gasteiger charge is 2.31. The Labute approximate surface area is 147 Å². The van der Waals surface area contributed by atoms with Crippen LogP contribution >= 0.6 is 23.7 Å². The number of nitrogens with one attached hydrogen (secondary N) is 2. The van der Waals surface area contributed by atoms with Gasteiger partial charge in [-0.05, 0) is 43.7 Å². The maximum absolute atomic E-state index is 12.6. The first-order valence-electron chi connectivity index (χ1n) is 7.68. The van der Waals surface area contributed by atoms with Crippen LogP contribution in [0.1, 0.15) is 35.4 Å². The number of sulfonamides is 1. The summed E-state index contributed by atoms with van der Waals surface area (Å²) in [5.74, 6) is -0.290. The molecule has 0 bridgehead atoms. The van der Waals surface area contributed by atoms with Crippen LogP contribution in [0.5, 0.6) is 0 Å². The number of thiophene rings is 1. The van der Waals surface area contributed by atoms with Crippen LogP contribution in [0.3, 0.4) is 0 Å². The summed E-state index contributed by atoms with van der Waals surface area (Å²) in [4.78, 5) is 12.8. The fourth-order valence-corrected chi connectivity index (χ4v) is 5.79. The van der Waals surface area contributed by atoms with Crippen LogP contribution in [0.25, 0.3) is 0 Å². The normalized spacial score (nSPS) is 22.0. The summed E-state index contributed by atoms with van der Waals surface area (Å²) in [6.07, 6.45) is 3.94. The third kappa shape index (κ3) is 4.06. The van der Waals surface area contributed by atoms with Gasteiger partial charge in [-0.2, -0.15) is 4.31 Å². The number of nitrogens with zero attached hydrogens (tertiary/aromatic N) is 1. The first-order chi connectivity index (χ1) is 10.6. The minimum absolute atomic E-state index is 0. The van der Waals surface area contributed by atoms with E-state index in [1.54, 1.807) is 11.4 Å². The van der Waals surface area contributed by atoms with Gasteiger partial charge in [-0.15, -0.1) is 23.7 Å². The number of carbonyl (C=O) groups excluding carboxylic acids is 1. The highest BCUT2D eigenvalue weighted by molar-refractivity contribution is 7.89. The van der Waals surface area contributed by atoms with Crippen LogP contribution in [-0.4, -0.2) is 50.9 Å². The van der Waals surface area contributed by atoms with E-state index in [9.17, 15) is 13.2 Å². The molecule has 0 spiro atoms. The third-order valence-corrected chi connectivity index (χ3v) is 7.17. The Morgan fingerprint density at radius 2 is 2.09 bits per heavy atom. The Hall–Kier alpha value is -0.670. The molecule has 0 aromatic carbocycles. The maximum Gasteiger partial charge on any atom is 0.262 e. The Morgan fingerprint density at radius 3 is 2.74 bits per heavy atom. The summed E-state index contributed by atoms with van der Waals surface area (Å²) in [5, 5.41) is 7.84. The van der Waals surface area contributed by atoms with Gasteiger partial charge in [0.15, 0.2) is 0 Å². The van der Waals surface area contributed by atoms with Gasteiger partial charge < -0.3 is 10.6 Å². The smallest absolute Gasteiger partial charge is 0.262 e. The van der Waals surface area contributed by atoms with Gasteiger partial charge in [-0.25, -0.2) is 8.42 Å². The van der Waals surface area contributed by atoms with Crippen molar-refractivity contribution in [2.75, 3.05) is 26.2 Å². The van der Waals surface area contributed by atoms with E-state index in [0.717, 1.165) is 32.2 Å². The largest absolute Gasteiger partial charge is 0.350 e. The van der Waals surface area contributed by atoms with Crippen molar-refractivity contribution < 1.29 is 13.2 Å². The standard InChI is InChI=1S/C14H21N3O3S2.ClH/c18-14(16-10-11-4-3-6-15-11)13-12(5-9-21-13)22(19,20)17-7-1-2-8-17;/h5,9,11,15H,1-4,6-8,10H2,(H,16,18);1H. The Morgan fingerprint density at radius 1 is 1.35 bits per heavy atom. The molecule has 2 fully saturated rings. The van der Waals surface area contributed by atoms with Crippen LogP contribution in [0.2, 0.25) is 0 Å². The number of halogens is 1. The molecule has 2 saturated heterocycles. The molecule has 0 aliphatic carbocycles. The van der Waals surface area contributed by atoms with Gasteiger partial charge in [-0.1, -0.05) is 0 Å². The van der Waals surface area contributed by atoms with E-state index < -0.39 is 10.0 Å². The summed E-state index contributed by atoms with van der Waals surface area (Å²) >= 11 is 1.19. The van der Waals surface area contributed by atoms with Gasteiger partial charge in [0.2, 0.25) is 10.0 Å². The maximum atomic E-state index is 12.6. The molecule has 2 N–H and O–H groups in total. The summed E-state index contributed by atoms with van der Waals surface area (Å²) in [7, 11) is -3.54. The lowest BCUT2D eigenvalue weighted by Crippen LogP contribution is -2.37. The topological polar surface area (TPSA) is 78.5 Å². The second-order valence-corrected chi connectivity index (χ2v) is 8.55. The van der Waals surface area contributed by atoms with E-state index in [1.165, 1.54) is 15.6 Å². The van der Waals surface area contributed by atoms with Crippen molar-refractivity contribution in [3.63, 3.8) is 0 Å². The average Bonchev–Trinajstić information content (AvgIpc) is 3.26. The molecule has 1 unspecified atom stereocenters. The van der Waals surface area contributed by atoms with Crippen LogP contribution < -0.4 is 10.6 Å². The molecule has 0 saturated carbocycles. The van der Waals surface area contributed by atoms with Crippen LogP contribution in [-0.2, 0) is 10.0 Å². The van der Waals surface area contributed by atoms with Gasteiger partial charge in [-0.3, -0.25) is 4.79 Å². The van der Waals surface area contributed by atoms with Crippen molar-refractivity contribution in [3.8, 4) is 0 Å². The summed E-state index contributed by atoms with van der Waals surface area (Å²) in [5.41, 5.74) is 0. The molecular weight excluding hydrogens is 358 g/mol. The van der Waals surface area contributed by atoms with Crippen LogP contribution in [0.4, 0.5) is 0 Å². The van der Waals surface area contributed by atoms with Crippen molar-refractivity contribution in [2.45, 2.75) is 36.6 Å². The van der Waals surface area contributed by atoms with E-state index in [1.807, 2.05) is 0 Å². The first kappa shape index (κ1) is 18.7. The lowest BCUT2D eigenvalue weighted by Gasteiger charge is -2.16. The molecule has 1 atom stereocenters. The number of carbonyl (C=O) groups is 1. The van der Waals surface area contributed by atoms with Gasteiger partial charge in [0.05, 0.1) is 0 Å². The zero-order valence-electron chi connectivity index (χ0n) is 12.8.